The highest BCUT2D eigenvalue weighted by atomic mass is 15.0. The lowest BCUT2D eigenvalue weighted by atomic mass is 9.93. The second-order valence-electron chi connectivity index (χ2n) is 17.2. The van der Waals surface area contributed by atoms with Gasteiger partial charge in [-0.15, -0.1) is 0 Å². The van der Waals surface area contributed by atoms with Gasteiger partial charge < -0.3 is 13.5 Å². The van der Waals surface area contributed by atoms with E-state index >= 15 is 0 Å². The molecule has 4 heterocycles. The SMILES string of the molecule is c1ccc2c(c1)c1ccccc1c1c(-n3c4ccccc4c4cc(-c5ccc6c(c5)c5ccccc5n6-c5cc6c7ccccc7n7c8ccccc8c(c5)c67)ccc43)cccc21. The van der Waals surface area contributed by atoms with Crippen molar-refractivity contribution in [2.75, 3.05) is 0 Å². The summed E-state index contributed by atoms with van der Waals surface area (Å²) in [6, 6.07) is 79.0. The largest absolute Gasteiger partial charge is 0.309 e. The lowest BCUT2D eigenvalue weighted by Crippen LogP contribution is -1.96. The summed E-state index contributed by atoms with van der Waals surface area (Å²) in [5.41, 5.74) is 13.4. The van der Waals surface area contributed by atoms with E-state index in [0.717, 1.165) is 0 Å². The highest BCUT2D eigenvalue weighted by Crippen LogP contribution is 2.45. The van der Waals surface area contributed by atoms with Gasteiger partial charge >= 0.3 is 0 Å². The van der Waals surface area contributed by atoms with Crippen molar-refractivity contribution in [1.29, 1.82) is 0 Å². The Bertz CT molecular complexity index is 4310. The minimum Gasteiger partial charge on any atom is -0.309 e. The van der Waals surface area contributed by atoms with Crippen LogP contribution in [0.1, 0.15) is 0 Å². The number of rotatable bonds is 3. The van der Waals surface area contributed by atoms with Crippen molar-refractivity contribution in [2.45, 2.75) is 0 Å². The van der Waals surface area contributed by atoms with Gasteiger partial charge in [0.1, 0.15) is 0 Å². The van der Waals surface area contributed by atoms with Crippen molar-refractivity contribution >= 4 is 114 Å². The molecule has 0 atom stereocenters. The Morgan fingerprint density at radius 1 is 0.238 bits per heavy atom. The van der Waals surface area contributed by atoms with E-state index in [0.29, 0.717) is 0 Å². The molecule has 0 amide bonds. The average molecular weight is 798 g/mol. The molecule has 0 spiro atoms. The van der Waals surface area contributed by atoms with Crippen molar-refractivity contribution in [3.05, 3.63) is 212 Å². The lowest BCUT2D eigenvalue weighted by molar-refractivity contribution is 1.19. The van der Waals surface area contributed by atoms with Gasteiger partial charge in [0.15, 0.2) is 0 Å². The summed E-state index contributed by atoms with van der Waals surface area (Å²) in [5.74, 6) is 0. The molecule has 0 fully saturated rings. The van der Waals surface area contributed by atoms with Gasteiger partial charge in [0.25, 0.3) is 0 Å². The molecule has 0 saturated carbocycles. The van der Waals surface area contributed by atoms with E-state index in [9.17, 15) is 0 Å². The van der Waals surface area contributed by atoms with Crippen molar-refractivity contribution in [1.82, 2.24) is 13.5 Å². The fraction of sp³-hybridized carbons (Fsp3) is 0. The van der Waals surface area contributed by atoms with E-state index in [-0.39, 0.29) is 0 Å². The number of aromatic nitrogens is 3. The van der Waals surface area contributed by atoms with Crippen LogP contribution in [0, 0.1) is 0 Å². The number of nitrogens with zero attached hydrogens (tertiary/aromatic N) is 3. The number of benzene rings is 11. The number of fused-ring (bicyclic) bond motifs is 18. The Kier molecular flexibility index (Phi) is 6.41. The maximum absolute atomic E-state index is 2.49. The minimum absolute atomic E-state index is 1.18. The third kappa shape index (κ3) is 4.33. The molecule has 0 N–H and O–H groups in total. The summed E-state index contributed by atoms with van der Waals surface area (Å²) in [7, 11) is 0. The summed E-state index contributed by atoms with van der Waals surface area (Å²) in [4.78, 5) is 0. The third-order valence-corrected chi connectivity index (χ3v) is 14.1. The van der Waals surface area contributed by atoms with E-state index in [1.54, 1.807) is 0 Å². The normalized spacial score (nSPS) is 12.4. The van der Waals surface area contributed by atoms with Gasteiger partial charge in [-0.2, -0.15) is 0 Å². The zero-order chi connectivity index (χ0) is 40.9. The van der Waals surface area contributed by atoms with E-state index < -0.39 is 0 Å². The maximum atomic E-state index is 2.49. The van der Waals surface area contributed by atoms with Crippen LogP contribution in [0.2, 0.25) is 0 Å². The standard InChI is InChI=1S/C60H35N3/c1-2-15-41-39(14-1)40-16-3-4-21-46(40)59-47(41)22-13-27-58(59)62-53-24-10-6-18-43(53)49-33-37(29-31-57(49)62)36-28-30-56-48(32-36)42-17-5-9-23-52(42)61(56)38-34-50-44-19-7-11-25-54(44)63-55-26-12-8-20-45(55)51(35-38)60(50)63/h1-35H. The highest BCUT2D eigenvalue weighted by molar-refractivity contribution is 6.28. The molecule has 0 aliphatic carbocycles. The summed E-state index contributed by atoms with van der Waals surface area (Å²) in [6.45, 7) is 0. The molecule has 4 aromatic heterocycles. The minimum atomic E-state index is 1.18. The monoisotopic (exact) mass is 797 g/mol. The molecule has 290 valence electrons. The van der Waals surface area contributed by atoms with Crippen molar-refractivity contribution in [3.8, 4) is 22.5 Å². The van der Waals surface area contributed by atoms with E-state index in [1.807, 2.05) is 0 Å². The Hall–Kier alpha value is -8.40. The quantitative estimate of drug-likeness (QED) is 0.158. The summed E-state index contributed by atoms with van der Waals surface area (Å²) >= 11 is 0. The Morgan fingerprint density at radius 2 is 0.619 bits per heavy atom. The number of para-hydroxylation sites is 4. The van der Waals surface area contributed by atoms with Gasteiger partial charge in [-0.1, -0.05) is 146 Å². The maximum Gasteiger partial charge on any atom is 0.0622 e. The first-order valence-corrected chi connectivity index (χ1v) is 21.9. The first-order valence-electron chi connectivity index (χ1n) is 21.9. The summed E-state index contributed by atoms with van der Waals surface area (Å²) in [5, 5.41) is 17.8. The molecule has 0 saturated heterocycles. The van der Waals surface area contributed by atoms with Crippen LogP contribution in [0.25, 0.3) is 137 Å². The molecule has 0 aliphatic rings. The predicted molar refractivity (Wildman–Crippen MR) is 268 cm³/mol. The molecule has 0 unspecified atom stereocenters. The predicted octanol–water partition coefficient (Wildman–Crippen LogP) is 16.2. The van der Waals surface area contributed by atoms with Crippen LogP contribution < -0.4 is 0 Å². The summed E-state index contributed by atoms with van der Waals surface area (Å²) in [6.07, 6.45) is 0. The number of hydrogen-bond acceptors (Lipinski definition) is 0. The van der Waals surface area contributed by atoms with E-state index in [2.05, 4.69) is 226 Å². The fourth-order valence-corrected chi connectivity index (χ4v) is 11.5. The molecule has 0 radical (unpaired) electrons. The third-order valence-electron chi connectivity index (χ3n) is 14.1. The molecule has 11 aromatic carbocycles. The van der Waals surface area contributed by atoms with Crippen LogP contribution in [0.4, 0.5) is 0 Å². The second kappa shape index (κ2) is 12.1. The van der Waals surface area contributed by atoms with Crippen LogP contribution >= 0.6 is 0 Å². The molecular weight excluding hydrogens is 763 g/mol. The smallest absolute Gasteiger partial charge is 0.0622 e. The average Bonchev–Trinajstić information content (AvgIpc) is 4.08. The van der Waals surface area contributed by atoms with Crippen molar-refractivity contribution < 1.29 is 0 Å². The molecule has 0 bridgehead atoms. The number of hydrogen-bond donors (Lipinski definition) is 0. The molecule has 0 aliphatic heterocycles. The zero-order valence-electron chi connectivity index (χ0n) is 34.0. The molecule has 3 heteroatoms. The summed E-state index contributed by atoms with van der Waals surface area (Å²) < 4.78 is 7.43. The Balaban J connectivity index is 0.947. The highest BCUT2D eigenvalue weighted by Gasteiger charge is 2.22. The van der Waals surface area contributed by atoms with Gasteiger partial charge in [-0.3, -0.25) is 0 Å². The van der Waals surface area contributed by atoms with Crippen LogP contribution in [0.15, 0.2) is 212 Å². The first-order chi connectivity index (χ1) is 31.3. The van der Waals surface area contributed by atoms with Gasteiger partial charge in [0, 0.05) is 54.2 Å². The van der Waals surface area contributed by atoms with Crippen molar-refractivity contribution in [2.24, 2.45) is 0 Å². The Morgan fingerprint density at radius 3 is 1.16 bits per heavy atom. The van der Waals surface area contributed by atoms with E-state index in [4.69, 9.17) is 0 Å². The fourth-order valence-electron chi connectivity index (χ4n) is 11.5. The zero-order valence-corrected chi connectivity index (χ0v) is 34.0. The molecule has 15 aromatic rings. The van der Waals surface area contributed by atoms with Crippen molar-refractivity contribution in [3.63, 3.8) is 0 Å². The van der Waals surface area contributed by atoms with E-state index in [1.165, 1.54) is 137 Å². The lowest BCUT2D eigenvalue weighted by Gasteiger charge is -2.16. The topological polar surface area (TPSA) is 14.3 Å². The molecule has 15 rings (SSSR count). The van der Waals surface area contributed by atoms with Gasteiger partial charge in [-0.05, 0) is 105 Å². The van der Waals surface area contributed by atoms with Gasteiger partial charge in [-0.25, -0.2) is 0 Å². The van der Waals surface area contributed by atoms with Crippen LogP contribution in [0.3, 0.4) is 0 Å². The van der Waals surface area contributed by atoms with Crippen LogP contribution in [-0.4, -0.2) is 13.5 Å². The van der Waals surface area contributed by atoms with Crippen LogP contribution in [0.5, 0.6) is 0 Å². The molecule has 63 heavy (non-hydrogen) atoms. The molecule has 3 nitrogen and oxygen atoms in total. The van der Waals surface area contributed by atoms with Crippen LogP contribution in [-0.2, 0) is 0 Å². The second-order valence-corrected chi connectivity index (χ2v) is 17.2. The Labute approximate surface area is 360 Å². The first kappa shape index (κ1) is 33.3. The van der Waals surface area contributed by atoms with Gasteiger partial charge in [0.2, 0.25) is 0 Å². The molecular formula is C60H35N3. The van der Waals surface area contributed by atoms with Gasteiger partial charge in [0.05, 0.1) is 44.3 Å².